The molecule has 0 radical (unpaired) electrons. The van der Waals surface area contributed by atoms with E-state index in [4.69, 9.17) is 0 Å². The average molecular weight is 333 g/mol. The van der Waals surface area contributed by atoms with E-state index in [-0.39, 0.29) is 12.5 Å². The quantitative estimate of drug-likeness (QED) is 0.927. The van der Waals surface area contributed by atoms with Gasteiger partial charge in [-0.3, -0.25) is 4.79 Å². The van der Waals surface area contributed by atoms with Gasteiger partial charge in [0, 0.05) is 18.7 Å². The monoisotopic (exact) mass is 333 g/mol. The van der Waals surface area contributed by atoms with Crippen LogP contribution in [0.4, 0.5) is 0 Å². The highest BCUT2D eigenvalue weighted by Crippen LogP contribution is 2.37. The molecule has 0 bridgehead atoms. The molecule has 1 heterocycles. The lowest BCUT2D eigenvalue weighted by Crippen LogP contribution is -2.27. The standard InChI is InChI=1S/C22H23NO2/c24-15-17-8-9-18-10-11-21(23-12-4-7-22(23)25)20(19(18)14-17)13-16-5-2-1-3-6-16/h1-3,5-6,8-9,14,24H,4,7,10-13,15H2. The highest BCUT2D eigenvalue weighted by atomic mass is 16.3. The Morgan fingerprint density at radius 2 is 1.80 bits per heavy atom. The predicted molar refractivity (Wildman–Crippen MR) is 98.7 cm³/mol. The molecule has 0 saturated carbocycles. The third kappa shape index (κ3) is 3.12. The Bertz CT molecular complexity index is 823. The molecule has 2 aliphatic rings. The number of carbonyl (C=O) groups is 1. The molecule has 0 atom stereocenters. The Balaban J connectivity index is 1.83. The maximum Gasteiger partial charge on any atom is 0.226 e. The summed E-state index contributed by atoms with van der Waals surface area (Å²) in [5.41, 5.74) is 7.14. The first-order chi connectivity index (χ1) is 12.3. The molecule has 2 aromatic carbocycles. The van der Waals surface area contributed by atoms with Crippen LogP contribution in [0, 0.1) is 0 Å². The normalized spacial score (nSPS) is 17.2. The van der Waals surface area contributed by atoms with Crippen molar-refractivity contribution in [2.24, 2.45) is 0 Å². The van der Waals surface area contributed by atoms with Crippen LogP contribution in [0.5, 0.6) is 0 Å². The Hall–Kier alpha value is -2.39. The van der Waals surface area contributed by atoms with E-state index in [2.05, 4.69) is 36.4 Å². The summed E-state index contributed by atoms with van der Waals surface area (Å²) < 4.78 is 0. The number of aliphatic hydroxyl groups excluding tert-OH is 1. The van der Waals surface area contributed by atoms with Crippen LogP contribution < -0.4 is 0 Å². The largest absolute Gasteiger partial charge is 0.392 e. The van der Waals surface area contributed by atoms with E-state index < -0.39 is 0 Å². The summed E-state index contributed by atoms with van der Waals surface area (Å²) in [4.78, 5) is 14.4. The molecular weight excluding hydrogens is 310 g/mol. The Morgan fingerprint density at radius 3 is 2.52 bits per heavy atom. The lowest BCUT2D eigenvalue weighted by molar-refractivity contribution is -0.126. The fourth-order valence-corrected chi connectivity index (χ4v) is 4.01. The number of hydrogen-bond acceptors (Lipinski definition) is 2. The molecule has 1 aliphatic heterocycles. The highest BCUT2D eigenvalue weighted by molar-refractivity contribution is 5.84. The third-order valence-electron chi connectivity index (χ3n) is 5.28. The van der Waals surface area contributed by atoms with Crippen molar-refractivity contribution in [3.63, 3.8) is 0 Å². The lowest BCUT2D eigenvalue weighted by atomic mass is 9.84. The smallest absolute Gasteiger partial charge is 0.226 e. The zero-order valence-electron chi connectivity index (χ0n) is 14.4. The van der Waals surface area contributed by atoms with Crippen molar-refractivity contribution in [2.75, 3.05) is 6.54 Å². The fourth-order valence-electron chi connectivity index (χ4n) is 4.01. The van der Waals surface area contributed by atoms with E-state index in [9.17, 15) is 9.90 Å². The second-order valence-electron chi connectivity index (χ2n) is 6.89. The van der Waals surface area contributed by atoms with Gasteiger partial charge < -0.3 is 10.0 Å². The van der Waals surface area contributed by atoms with Gasteiger partial charge in [0.2, 0.25) is 5.91 Å². The Morgan fingerprint density at radius 1 is 0.960 bits per heavy atom. The topological polar surface area (TPSA) is 40.5 Å². The molecule has 1 aliphatic carbocycles. The second kappa shape index (κ2) is 6.85. The number of aryl methyl sites for hydroxylation is 1. The molecule has 0 aromatic heterocycles. The molecule has 128 valence electrons. The van der Waals surface area contributed by atoms with Gasteiger partial charge in [-0.15, -0.1) is 0 Å². The molecule has 0 unspecified atom stereocenters. The summed E-state index contributed by atoms with van der Waals surface area (Å²) in [6, 6.07) is 16.7. The first-order valence-corrected chi connectivity index (χ1v) is 9.05. The number of nitrogens with zero attached hydrogens (tertiary/aromatic N) is 1. The summed E-state index contributed by atoms with van der Waals surface area (Å²) in [6.45, 7) is 0.880. The van der Waals surface area contributed by atoms with Gasteiger partial charge in [0.25, 0.3) is 0 Å². The van der Waals surface area contributed by atoms with Gasteiger partial charge >= 0.3 is 0 Å². The van der Waals surface area contributed by atoms with Crippen molar-refractivity contribution >= 4 is 11.5 Å². The SMILES string of the molecule is O=C1CCCN1C1=C(Cc2ccccc2)c2cc(CO)ccc2CC1. The number of hydrogen-bond donors (Lipinski definition) is 1. The number of allylic oxidation sites excluding steroid dienone is 2. The molecular formula is C22H23NO2. The zero-order valence-corrected chi connectivity index (χ0v) is 14.4. The Kier molecular flexibility index (Phi) is 4.41. The minimum atomic E-state index is 0.0455. The van der Waals surface area contributed by atoms with Crippen molar-refractivity contribution in [1.82, 2.24) is 4.90 Å². The maximum absolute atomic E-state index is 12.4. The van der Waals surface area contributed by atoms with E-state index in [0.717, 1.165) is 37.8 Å². The molecule has 3 heteroatoms. The van der Waals surface area contributed by atoms with E-state index in [1.165, 1.54) is 28.0 Å². The predicted octanol–water partition coefficient (Wildman–Crippen LogP) is 3.70. The van der Waals surface area contributed by atoms with Crippen LogP contribution in [0.2, 0.25) is 0 Å². The highest BCUT2D eigenvalue weighted by Gasteiger charge is 2.29. The molecule has 0 spiro atoms. The molecule has 1 N–H and O–H groups in total. The summed E-state index contributed by atoms with van der Waals surface area (Å²) in [5, 5.41) is 9.55. The molecule has 3 nitrogen and oxygen atoms in total. The van der Waals surface area contributed by atoms with E-state index in [1.54, 1.807) is 0 Å². The average Bonchev–Trinajstić information content (AvgIpc) is 3.08. The van der Waals surface area contributed by atoms with Crippen molar-refractivity contribution in [1.29, 1.82) is 0 Å². The number of rotatable bonds is 4. The van der Waals surface area contributed by atoms with Gasteiger partial charge in [-0.05, 0) is 59.6 Å². The van der Waals surface area contributed by atoms with Crippen LogP contribution in [-0.4, -0.2) is 22.5 Å². The van der Waals surface area contributed by atoms with Gasteiger partial charge in [0.05, 0.1) is 6.61 Å². The molecule has 4 rings (SSSR count). The first kappa shape index (κ1) is 16.1. The van der Waals surface area contributed by atoms with Crippen LogP contribution in [0.25, 0.3) is 5.57 Å². The fraction of sp³-hybridized carbons (Fsp3) is 0.318. The number of carbonyl (C=O) groups excluding carboxylic acids is 1. The molecule has 1 amide bonds. The van der Waals surface area contributed by atoms with Crippen molar-refractivity contribution in [3.05, 3.63) is 76.5 Å². The van der Waals surface area contributed by atoms with Crippen LogP contribution in [0.1, 0.15) is 41.5 Å². The lowest BCUT2D eigenvalue weighted by Gasteiger charge is -2.30. The number of aliphatic hydroxyl groups is 1. The summed E-state index contributed by atoms with van der Waals surface area (Å²) in [6.07, 6.45) is 4.30. The summed E-state index contributed by atoms with van der Waals surface area (Å²) in [7, 11) is 0. The van der Waals surface area contributed by atoms with E-state index >= 15 is 0 Å². The minimum absolute atomic E-state index is 0.0455. The first-order valence-electron chi connectivity index (χ1n) is 9.05. The number of benzene rings is 2. The summed E-state index contributed by atoms with van der Waals surface area (Å²) >= 11 is 0. The van der Waals surface area contributed by atoms with Crippen LogP contribution >= 0.6 is 0 Å². The van der Waals surface area contributed by atoms with E-state index in [1.807, 2.05) is 17.0 Å². The second-order valence-corrected chi connectivity index (χ2v) is 6.89. The number of fused-ring (bicyclic) bond motifs is 1. The van der Waals surface area contributed by atoms with Crippen LogP contribution in [-0.2, 0) is 24.2 Å². The van der Waals surface area contributed by atoms with Gasteiger partial charge in [-0.25, -0.2) is 0 Å². The number of amides is 1. The minimum Gasteiger partial charge on any atom is -0.392 e. The maximum atomic E-state index is 12.4. The van der Waals surface area contributed by atoms with Crippen LogP contribution in [0.3, 0.4) is 0 Å². The molecule has 1 saturated heterocycles. The molecule has 1 fully saturated rings. The van der Waals surface area contributed by atoms with Gasteiger partial charge in [-0.1, -0.05) is 42.5 Å². The van der Waals surface area contributed by atoms with Crippen molar-refractivity contribution in [3.8, 4) is 0 Å². The van der Waals surface area contributed by atoms with Gasteiger partial charge in [0.1, 0.15) is 0 Å². The van der Waals surface area contributed by atoms with E-state index in [0.29, 0.717) is 6.42 Å². The van der Waals surface area contributed by atoms with Crippen molar-refractivity contribution < 1.29 is 9.90 Å². The molecule has 2 aromatic rings. The van der Waals surface area contributed by atoms with Crippen molar-refractivity contribution in [2.45, 2.75) is 38.7 Å². The zero-order chi connectivity index (χ0) is 17.2. The Labute approximate surface area is 148 Å². The molecule has 25 heavy (non-hydrogen) atoms. The third-order valence-corrected chi connectivity index (χ3v) is 5.28. The summed E-state index contributed by atoms with van der Waals surface area (Å²) in [5.74, 6) is 0.252. The van der Waals surface area contributed by atoms with Crippen LogP contribution in [0.15, 0.2) is 54.2 Å². The number of likely N-dealkylation sites (tertiary alicyclic amines) is 1. The van der Waals surface area contributed by atoms with Gasteiger partial charge in [-0.2, -0.15) is 0 Å². The van der Waals surface area contributed by atoms with Gasteiger partial charge in [0.15, 0.2) is 0 Å².